The second-order valence-corrected chi connectivity index (χ2v) is 10.1. The Morgan fingerprint density at radius 1 is 1.48 bits per heavy atom. The molecule has 1 aliphatic heterocycles. The fourth-order valence-electron chi connectivity index (χ4n) is 2.39. The summed E-state index contributed by atoms with van der Waals surface area (Å²) in [6.07, 6.45) is 0.674. The molecule has 1 amide bonds. The smallest absolute Gasteiger partial charge is 0.226 e. The van der Waals surface area contributed by atoms with Crippen molar-refractivity contribution in [2.45, 2.75) is 51.5 Å². The zero-order valence-electron chi connectivity index (χ0n) is 12.9. The van der Waals surface area contributed by atoms with Crippen molar-refractivity contribution in [3.8, 4) is 0 Å². The van der Waals surface area contributed by atoms with Crippen LogP contribution in [0.5, 0.6) is 0 Å². The molecule has 0 unspecified atom stereocenters. The molecule has 0 bridgehead atoms. The van der Waals surface area contributed by atoms with Crippen molar-refractivity contribution in [3.63, 3.8) is 0 Å². The molecule has 2 heterocycles. The lowest BCUT2D eigenvalue weighted by molar-refractivity contribution is -0.122. The summed E-state index contributed by atoms with van der Waals surface area (Å²) in [7, 11) is -3.02. The van der Waals surface area contributed by atoms with E-state index in [1.807, 2.05) is 5.38 Å². The van der Waals surface area contributed by atoms with E-state index >= 15 is 0 Å². The van der Waals surface area contributed by atoms with Crippen molar-refractivity contribution in [1.82, 2.24) is 10.3 Å². The van der Waals surface area contributed by atoms with Gasteiger partial charge in [0, 0.05) is 10.8 Å². The van der Waals surface area contributed by atoms with Crippen LogP contribution in [0.2, 0.25) is 0 Å². The average Bonchev–Trinajstić information content (AvgIpc) is 2.82. The summed E-state index contributed by atoms with van der Waals surface area (Å²) in [6.45, 7) is 8.04. The van der Waals surface area contributed by atoms with Gasteiger partial charge in [-0.1, -0.05) is 20.8 Å². The maximum Gasteiger partial charge on any atom is 0.226 e. The van der Waals surface area contributed by atoms with E-state index in [4.69, 9.17) is 0 Å². The van der Waals surface area contributed by atoms with Gasteiger partial charge >= 0.3 is 0 Å². The fourth-order valence-corrected chi connectivity index (χ4v) is 5.39. The van der Waals surface area contributed by atoms with Crippen LogP contribution in [0.3, 0.4) is 0 Å². The highest BCUT2D eigenvalue weighted by Gasteiger charge is 2.39. The summed E-state index contributed by atoms with van der Waals surface area (Å²) in [5.74, 6) is 0.00500. The predicted octanol–water partition coefficient (Wildman–Crippen LogP) is 1.68. The van der Waals surface area contributed by atoms with Crippen molar-refractivity contribution < 1.29 is 13.2 Å². The number of thiazole rings is 1. The van der Waals surface area contributed by atoms with Crippen LogP contribution in [0.4, 0.5) is 0 Å². The molecule has 1 fully saturated rings. The van der Waals surface area contributed by atoms with Crippen LogP contribution in [0.1, 0.15) is 44.8 Å². The summed E-state index contributed by atoms with van der Waals surface area (Å²) in [4.78, 5) is 16.6. The van der Waals surface area contributed by atoms with Crippen LogP contribution < -0.4 is 5.32 Å². The number of nitrogens with one attached hydrogen (secondary N) is 1. The maximum atomic E-state index is 12.1. The quantitative estimate of drug-likeness (QED) is 0.915. The van der Waals surface area contributed by atoms with E-state index in [0.717, 1.165) is 10.7 Å². The van der Waals surface area contributed by atoms with Crippen molar-refractivity contribution in [3.05, 3.63) is 16.1 Å². The van der Waals surface area contributed by atoms with Gasteiger partial charge in [-0.2, -0.15) is 0 Å². The second-order valence-electron chi connectivity index (χ2n) is 7.02. The molecule has 0 spiro atoms. The zero-order chi connectivity index (χ0) is 15.9. The Bertz CT molecular complexity index is 643. The number of carbonyl (C=O) groups is 1. The molecule has 1 saturated heterocycles. The fraction of sp³-hybridized carbons (Fsp3) is 0.714. The van der Waals surface area contributed by atoms with Crippen molar-refractivity contribution in [2.75, 3.05) is 11.5 Å². The third-order valence-corrected chi connectivity index (χ3v) is 6.70. The predicted molar refractivity (Wildman–Crippen MR) is 84.3 cm³/mol. The first-order valence-electron chi connectivity index (χ1n) is 6.95. The molecule has 0 radical (unpaired) electrons. The molecule has 21 heavy (non-hydrogen) atoms. The lowest BCUT2D eigenvalue weighted by Gasteiger charge is -2.23. The van der Waals surface area contributed by atoms with Gasteiger partial charge in [-0.3, -0.25) is 4.79 Å². The average molecular weight is 330 g/mol. The molecule has 2 rings (SSSR count). The number of carbonyl (C=O) groups excluding carboxylic acids is 1. The first-order chi connectivity index (χ1) is 9.49. The van der Waals surface area contributed by atoms with E-state index in [0.29, 0.717) is 6.42 Å². The highest BCUT2D eigenvalue weighted by molar-refractivity contribution is 7.91. The molecule has 1 aromatic rings. The monoisotopic (exact) mass is 330 g/mol. The number of nitrogens with zero attached hydrogens (tertiary/aromatic N) is 1. The molecule has 0 aliphatic carbocycles. The Kier molecular flexibility index (Phi) is 4.19. The number of amides is 1. The third kappa shape index (κ3) is 4.26. The summed E-state index contributed by atoms with van der Waals surface area (Å²) in [5, 5.41) is 5.75. The molecular formula is C14H22N2O3S2. The van der Waals surface area contributed by atoms with Crippen LogP contribution in [0, 0.1) is 0 Å². The lowest BCUT2D eigenvalue weighted by Crippen LogP contribution is -2.47. The Balaban J connectivity index is 1.98. The van der Waals surface area contributed by atoms with Crippen LogP contribution in [0.15, 0.2) is 5.38 Å². The van der Waals surface area contributed by atoms with Gasteiger partial charge in [0.25, 0.3) is 0 Å². The standard InChI is InChI=1S/C14H22N2O3S2/c1-13(2,3)12-15-10(8-20-12)7-11(17)16-14(4)5-6-21(18,19)9-14/h8H,5-7,9H2,1-4H3,(H,16,17)/t14-/m1/s1. The lowest BCUT2D eigenvalue weighted by atomic mass is 9.98. The minimum Gasteiger partial charge on any atom is -0.350 e. The van der Waals surface area contributed by atoms with E-state index < -0.39 is 15.4 Å². The van der Waals surface area contributed by atoms with Crippen LogP contribution in [-0.4, -0.2) is 36.4 Å². The highest BCUT2D eigenvalue weighted by Crippen LogP contribution is 2.26. The summed E-state index contributed by atoms with van der Waals surface area (Å²) < 4.78 is 23.1. The first kappa shape index (κ1) is 16.4. The van der Waals surface area contributed by atoms with E-state index in [9.17, 15) is 13.2 Å². The van der Waals surface area contributed by atoms with Gasteiger partial charge in [-0.25, -0.2) is 13.4 Å². The maximum absolute atomic E-state index is 12.1. The minimum absolute atomic E-state index is 0.0229. The van der Waals surface area contributed by atoms with E-state index in [2.05, 4.69) is 31.1 Å². The van der Waals surface area contributed by atoms with Crippen LogP contribution in [0.25, 0.3) is 0 Å². The Hall–Kier alpha value is -0.950. The number of rotatable bonds is 3. The summed E-state index contributed by atoms with van der Waals surface area (Å²) in [6, 6.07) is 0. The number of aromatic nitrogens is 1. The highest BCUT2D eigenvalue weighted by atomic mass is 32.2. The molecule has 1 aromatic heterocycles. The Labute approximate surface area is 130 Å². The van der Waals surface area contributed by atoms with Crippen molar-refractivity contribution in [2.24, 2.45) is 0 Å². The van der Waals surface area contributed by atoms with E-state index in [-0.39, 0.29) is 29.2 Å². The van der Waals surface area contributed by atoms with Crippen LogP contribution >= 0.6 is 11.3 Å². The van der Waals surface area contributed by atoms with Crippen LogP contribution in [-0.2, 0) is 26.5 Å². The normalized spacial score (nSPS) is 25.0. The Morgan fingerprint density at radius 2 is 2.14 bits per heavy atom. The summed E-state index contributed by atoms with van der Waals surface area (Å²) in [5.41, 5.74) is 0.0795. The third-order valence-electron chi connectivity index (χ3n) is 3.48. The first-order valence-corrected chi connectivity index (χ1v) is 9.66. The van der Waals surface area contributed by atoms with Gasteiger partial charge in [0.05, 0.1) is 34.2 Å². The largest absolute Gasteiger partial charge is 0.350 e. The zero-order valence-corrected chi connectivity index (χ0v) is 14.5. The SMILES string of the molecule is CC(C)(C)c1nc(CC(=O)N[C@]2(C)CCS(=O)(=O)C2)cs1. The minimum atomic E-state index is -3.02. The van der Waals surface area contributed by atoms with Crippen molar-refractivity contribution in [1.29, 1.82) is 0 Å². The van der Waals surface area contributed by atoms with Gasteiger partial charge in [0.2, 0.25) is 5.91 Å². The van der Waals surface area contributed by atoms with E-state index in [1.165, 1.54) is 0 Å². The van der Waals surface area contributed by atoms with Gasteiger partial charge < -0.3 is 5.32 Å². The molecule has 118 valence electrons. The molecule has 7 heteroatoms. The van der Waals surface area contributed by atoms with Gasteiger partial charge in [-0.15, -0.1) is 11.3 Å². The van der Waals surface area contributed by atoms with Crippen molar-refractivity contribution >= 4 is 27.1 Å². The molecule has 0 saturated carbocycles. The molecule has 0 aromatic carbocycles. The molecule has 1 atom stereocenters. The van der Waals surface area contributed by atoms with Gasteiger partial charge in [0.15, 0.2) is 9.84 Å². The Morgan fingerprint density at radius 3 is 2.62 bits per heavy atom. The van der Waals surface area contributed by atoms with Gasteiger partial charge in [0.1, 0.15) is 0 Å². The number of sulfone groups is 1. The topological polar surface area (TPSA) is 76.1 Å². The second kappa shape index (κ2) is 5.35. The summed E-state index contributed by atoms with van der Waals surface area (Å²) >= 11 is 1.55. The number of hydrogen-bond acceptors (Lipinski definition) is 5. The molecule has 5 nitrogen and oxygen atoms in total. The molecular weight excluding hydrogens is 308 g/mol. The van der Waals surface area contributed by atoms with E-state index in [1.54, 1.807) is 18.3 Å². The van der Waals surface area contributed by atoms with Gasteiger partial charge in [-0.05, 0) is 13.3 Å². The molecule has 1 N–H and O–H groups in total. The number of hydrogen-bond donors (Lipinski definition) is 1. The molecule has 1 aliphatic rings.